The summed E-state index contributed by atoms with van der Waals surface area (Å²) in [5.41, 5.74) is 3.10. The minimum atomic E-state index is -0.591. The van der Waals surface area contributed by atoms with Crippen molar-refractivity contribution in [3.8, 4) is 0 Å². The SMILES string of the molecule is CCOC(C=C=CN(C(=O)OC(C)(C)C)c1ccccc1I)OCC. The van der Waals surface area contributed by atoms with Gasteiger partial charge in [-0.2, -0.15) is 0 Å². The maximum Gasteiger partial charge on any atom is 0.419 e. The molecule has 0 bridgehead atoms. The highest BCUT2D eigenvalue weighted by atomic mass is 127. The summed E-state index contributed by atoms with van der Waals surface area (Å²) in [4.78, 5) is 14.0. The van der Waals surface area contributed by atoms with Crippen LogP contribution in [0.15, 0.2) is 42.3 Å². The molecule has 0 radical (unpaired) electrons. The quantitative estimate of drug-likeness (QED) is 0.324. The molecule has 1 aromatic carbocycles. The van der Waals surface area contributed by atoms with Crippen LogP contribution < -0.4 is 4.90 Å². The second-order valence-electron chi connectivity index (χ2n) is 6.04. The number of anilines is 1. The van der Waals surface area contributed by atoms with E-state index in [2.05, 4.69) is 28.3 Å². The second kappa shape index (κ2) is 10.6. The Balaban J connectivity index is 3.12. The van der Waals surface area contributed by atoms with E-state index in [4.69, 9.17) is 14.2 Å². The van der Waals surface area contributed by atoms with E-state index in [-0.39, 0.29) is 0 Å². The van der Waals surface area contributed by atoms with E-state index in [1.165, 1.54) is 11.1 Å². The largest absolute Gasteiger partial charge is 0.443 e. The lowest BCUT2D eigenvalue weighted by atomic mass is 10.2. The van der Waals surface area contributed by atoms with Crippen molar-refractivity contribution in [2.24, 2.45) is 0 Å². The lowest BCUT2D eigenvalue weighted by molar-refractivity contribution is -0.103. The maximum atomic E-state index is 12.6. The fourth-order valence-electron chi connectivity index (χ4n) is 1.85. The van der Waals surface area contributed by atoms with Gasteiger partial charge in [0.25, 0.3) is 0 Å². The Morgan fingerprint density at radius 2 is 1.84 bits per heavy atom. The molecule has 0 saturated carbocycles. The summed E-state index contributed by atoms with van der Waals surface area (Å²) in [6.07, 6.45) is 2.21. The summed E-state index contributed by atoms with van der Waals surface area (Å²) in [6, 6.07) is 7.56. The molecule has 0 spiro atoms. The summed E-state index contributed by atoms with van der Waals surface area (Å²) in [5.74, 6) is 0. The molecule has 6 heteroatoms. The van der Waals surface area contributed by atoms with E-state index in [0.717, 1.165) is 9.26 Å². The predicted molar refractivity (Wildman–Crippen MR) is 108 cm³/mol. The third-order valence-electron chi connectivity index (χ3n) is 2.80. The molecular weight excluding hydrogens is 433 g/mol. The van der Waals surface area contributed by atoms with E-state index < -0.39 is 18.0 Å². The lowest BCUT2D eigenvalue weighted by Gasteiger charge is -2.25. The Labute approximate surface area is 163 Å². The van der Waals surface area contributed by atoms with Crippen LogP contribution in [0.5, 0.6) is 0 Å². The van der Waals surface area contributed by atoms with Gasteiger partial charge in [0.15, 0.2) is 6.29 Å². The molecule has 0 fully saturated rings. The number of halogens is 1. The monoisotopic (exact) mass is 459 g/mol. The fourth-order valence-corrected chi connectivity index (χ4v) is 2.50. The maximum absolute atomic E-state index is 12.6. The first-order chi connectivity index (χ1) is 11.8. The average molecular weight is 459 g/mol. The standard InChI is InChI=1S/C19H26INO4/c1-6-23-17(24-7-2)13-10-14-21(18(22)25-19(3,4)5)16-12-9-8-11-15(16)20/h8-9,11-14,17H,6-7H2,1-5H3. The molecule has 0 unspecified atom stereocenters. The lowest BCUT2D eigenvalue weighted by Crippen LogP contribution is -2.33. The average Bonchev–Trinajstić information content (AvgIpc) is 2.51. The smallest absolute Gasteiger partial charge is 0.419 e. The minimum absolute atomic E-state index is 0.470. The summed E-state index contributed by atoms with van der Waals surface area (Å²) >= 11 is 2.18. The van der Waals surface area contributed by atoms with Crippen molar-refractivity contribution in [2.45, 2.75) is 46.5 Å². The fraction of sp³-hybridized carbons (Fsp3) is 0.474. The van der Waals surface area contributed by atoms with Gasteiger partial charge < -0.3 is 14.2 Å². The van der Waals surface area contributed by atoms with Crippen molar-refractivity contribution in [1.82, 2.24) is 0 Å². The van der Waals surface area contributed by atoms with Gasteiger partial charge in [0.2, 0.25) is 0 Å². The first-order valence-electron chi connectivity index (χ1n) is 8.21. The highest BCUT2D eigenvalue weighted by molar-refractivity contribution is 14.1. The van der Waals surface area contributed by atoms with Crippen molar-refractivity contribution in [1.29, 1.82) is 0 Å². The van der Waals surface area contributed by atoms with Gasteiger partial charge in [-0.15, -0.1) is 5.73 Å². The molecule has 0 aliphatic heterocycles. The third-order valence-corrected chi connectivity index (χ3v) is 3.71. The first kappa shape index (κ1) is 21.7. The second-order valence-corrected chi connectivity index (χ2v) is 7.21. The summed E-state index contributed by atoms with van der Waals surface area (Å²) in [6.45, 7) is 10.3. The van der Waals surface area contributed by atoms with Crippen LogP contribution in [0.3, 0.4) is 0 Å². The molecule has 1 rings (SSSR count). The molecule has 0 N–H and O–H groups in total. The van der Waals surface area contributed by atoms with E-state index in [9.17, 15) is 4.79 Å². The van der Waals surface area contributed by atoms with Gasteiger partial charge in [0.1, 0.15) is 5.60 Å². The number of carbonyl (C=O) groups excluding carboxylic acids is 1. The third kappa shape index (κ3) is 8.05. The Kier molecular flexibility index (Phi) is 9.21. The Bertz CT molecular complexity index is 612. The zero-order chi connectivity index (χ0) is 18.9. The number of ether oxygens (including phenoxy) is 3. The highest BCUT2D eigenvalue weighted by Crippen LogP contribution is 2.24. The van der Waals surface area contributed by atoms with Crippen LogP contribution >= 0.6 is 22.6 Å². The number of benzene rings is 1. The number of hydrogen-bond acceptors (Lipinski definition) is 4. The molecule has 0 saturated heterocycles. The highest BCUT2D eigenvalue weighted by Gasteiger charge is 2.23. The van der Waals surface area contributed by atoms with Gasteiger partial charge in [-0.05, 0) is 69.3 Å². The molecule has 1 aromatic rings. The van der Waals surface area contributed by atoms with E-state index in [1.807, 2.05) is 58.9 Å². The normalized spacial score (nSPS) is 11.0. The molecule has 0 aliphatic carbocycles. The first-order valence-corrected chi connectivity index (χ1v) is 9.29. The van der Waals surface area contributed by atoms with Gasteiger partial charge >= 0.3 is 6.09 Å². The van der Waals surface area contributed by atoms with Crippen molar-refractivity contribution < 1.29 is 19.0 Å². The van der Waals surface area contributed by atoms with Crippen molar-refractivity contribution in [3.05, 3.63) is 45.8 Å². The molecule has 5 nitrogen and oxygen atoms in total. The summed E-state index contributed by atoms with van der Waals surface area (Å²) < 4.78 is 17.3. The molecule has 0 atom stereocenters. The van der Waals surface area contributed by atoms with Gasteiger partial charge in [0.05, 0.1) is 11.9 Å². The van der Waals surface area contributed by atoms with E-state index in [1.54, 1.807) is 6.08 Å². The predicted octanol–water partition coefficient (Wildman–Crippen LogP) is 5.10. The van der Waals surface area contributed by atoms with Crippen molar-refractivity contribution in [2.75, 3.05) is 18.1 Å². The van der Waals surface area contributed by atoms with Crippen LogP contribution in [0.4, 0.5) is 10.5 Å². The topological polar surface area (TPSA) is 48.0 Å². The Morgan fingerprint density at radius 3 is 2.36 bits per heavy atom. The van der Waals surface area contributed by atoms with E-state index >= 15 is 0 Å². The van der Waals surface area contributed by atoms with Gasteiger partial charge in [-0.3, -0.25) is 0 Å². The van der Waals surface area contributed by atoms with Gasteiger partial charge in [0, 0.05) is 22.9 Å². The number of carbonyl (C=O) groups is 1. The van der Waals surface area contributed by atoms with Crippen LogP contribution in [0.1, 0.15) is 34.6 Å². The Hall–Kier alpha value is -1.34. The van der Waals surface area contributed by atoms with Gasteiger partial charge in [-0.1, -0.05) is 12.1 Å². The van der Waals surface area contributed by atoms with Crippen LogP contribution in [-0.2, 0) is 14.2 Å². The molecule has 0 heterocycles. The van der Waals surface area contributed by atoms with Gasteiger partial charge in [-0.25, -0.2) is 9.69 Å². The summed E-state index contributed by atoms with van der Waals surface area (Å²) in [7, 11) is 0. The number of nitrogens with zero attached hydrogens (tertiary/aromatic N) is 1. The number of hydrogen-bond donors (Lipinski definition) is 0. The zero-order valence-electron chi connectivity index (χ0n) is 15.4. The Morgan fingerprint density at radius 1 is 1.24 bits per heavy atom. The van der Waals surface area contributed by atoms with Crippen LogP contribution in [0, 0.1) is 3.57 Å². The minimum Gasteiger partial charge on any atom is -0.443 e. The molecule has 0 aromatic heterocycles. The molecular formula is C19H26INO4. The molecule has 1 amide bonds. The number of para-hydroxylation sites is 1. The van der Waals surface area contributed by atoms with Crippen LogP contribution in [-0.4, -0.2) is 31.2 Å². The van der Waals surface area contributed by atoms with Crippen LogP contribution in [0.25, 0.3) is 0 Å². The van der Waals surface area contributed by atoms with E-state index in [0.29, 0.717) is 13.2 Å². The molecule has 138 valence electrons. The van der Waals surface area contributed by atoms with Crippen LogP contribution in [0.2, 0.25) is 0 Å². The zero-order valence-corrected chi connectivity index (χ0v) is 17.6. The van der Waals surface area contributed by atoms with Crippen molar-refractivity contribution >= 4 is 34.4 Å². The number of rotatable bonds is 7. The summed E-state index contributed by atoms with van der Waals surface area (Å²) in [5, 5.41) is 0. The van der Waals surface area contributed by atoms with Crippen molar-refractivity contribution in [3.63, 3.8) is 0 Å². The molecule has 25 heavy (non-hydrogen) atoms. The number of amides is 1. The molecule has 0 aliphatic rings.